The number of carbonyl (C=O) groups is 2. The van der Waals surface area contributed by atoms with Crippen molar-refractivity contribution >= 4 is 28.9 Å². The van der Waals surface area contributed by atoms with Gasteiger partial charge in [-0.1, -0.05) is 43.2 Å². The molecular formula is C36H43FN4O2. The first-order valence-corrected chi connectivity index (χ1v) is 16.0. The Morgan fingerprint density at radius 3 is 2.23 bits per heavy atom. The molecule has 0 aromatic heterocycles. The molecule has 226 valence electrons. The van der Waals surface area contributed by atoms with Crippen molar-refractivity contribution in [1.29, 1.82) is 0 Å². The van der Waals surface area contributed by atoms with Crippen molar-refractivity contribution in [2.75, 3.05) is 35.2 Å². The van der Waals surface area contributed by atoms with Gasteiger partial charge in [-0.15, -0.1) is 0 Å². The largest absolute Gasteiger partial charge is 0.382 e. The zero-order valence-corrected chi connectivity index (χ0v) is 25.4. The van der Waals surface area contributed by atoms with Crippen LogP contribution in [0.2, 0.25) is 0 Å². The van der Waals surface area contributed by atoms with E-state index in [1.165, 1.54) is 50.2 Å². The van der Waals surface area contributed by atoms with Gasteiger partial charge in [0.15, 0.2) is 0 Å². The highest BCUT2D eigenvalue weighted by atomic mass is 19.1. The molecule has 0 unspecified atom stereocenters. The van der Waals surface area contributed by atoms with Crippen molar-refractivity contribution in [2.45, 2.75) is 77.3 Å². The summed E-state index contributed by atoms with van der Waals surface area (Å²) in [6.07, 6.45) is 8.53. The number of hydrogen-bond acceptors (Lipinski definition) is 4. The van der Waals surface area contributed by atoms with Crippen LogP contribution in [-0.2, 0) is 4.79 Å². The number of nitrogens with zero attached hydrogens (tertiary/aromatic N) is 2. The number of rotatable bonds is 7. The molecule has 3 aliphatic rings. The van der Waals surface area contributed by atoms with Gasteiger partial charge in [-0.25, -0.2) is 4.39 Å². The minimum Gasteiger partial charge on any atom is -0.382 e. The summed E-state index contributed by atoms with van der Waals surface area (Å²) in [5.74, 6) is -1.48. The summed E-state index contributed by atoms with van der Waals surface area (Å²) in [4.78, 5) is 32.2. The lowest BCUT2D eigenvalue weighted by Crippen LogP contribution is -2.46. The Morgan fingerprint density at radius 2 is 1.51 bits per heavy atom. The fraction of sp³-hybridized carbons (Fsp3) is 0.444. The van der Waals surface area contributed by atoms with Gasteiger partial charge in [0, 0.05) is 42.7 Å². The number of halogens is 1. The summed E-state index contributed by atoms with van der Waals surface area (Å²) < 4.78 is 15.0. The molecule has 6 nitrogen and oxygen atoms in total. The molecule has 2 heterocycles. The molecule has 3 aromatic carbocycles. The first kappa shape index (κ1) is 29.2. The lowest BCUT2D eigenvalue weighted by molar-refractivity contribution is -0.123. The van der Waals surface area contributed by atoms with Crippen molar-refractivity contribution in [1.82, 2.24) is 4.90 Å². The number of carbonyl (C=O) groups excluding carboxylic acids is 2. The Kier molecular flexibility index (Phi) is 8.68. The van der Waals surface area contributed by atoms with Crippen molar-refractivity contribution in [3.8, 4) is 0 Å². The summed E-state index contributed by atoms with van der Waals surface area (Å²) in [7, 11) is 0. The fourth-order valence-corrected chi connectivity index (χ4v) is 7.26. The molecule has 0 bridgehead atoms. The maximum absolute atomic E-state index is 15.0. The van der Waals surface area contributed by atoms with Crippen LogP contribution >= 0.6 is 0 Å². The molecule has 1 aliphatic carbocycles. The molecule has 3 aromatic rings. The highest BCUT2D eigenvalue weighted by molar-refractivity contribution is 5.98. The maximum atomic E-state index is 15.0. The second-order valence-corrected chi connectivity index (χ2v) is 12.6. The molecule has 2 N–H and O–H groups in total. The predicted molar refractivity (Wildman–Crippen MR) is 171 cm³/mol. The number of amides is 2. The summed E-state index contributed by atoms with van der Waals surface area (Å²) in [5.41, 5.74) is 5.74. The highest BCUT2D eigenvalue weighted by Crippen LogP contribution is 2.39. The van der Waals surface area contributed by atoms with Gasteiger partial charge >= 0.3 is 0 Å². The third kappa shape index (κ3) is 6.27. The number of nitrogens with one attached hydrogen (secondary N) is 2. The van der Waals surface area contributed by atoms with E-state index in [0.29, 0.717) is 31.0 Å². The lowest BCUT2D eigenvalue weighted by atomic mass is 9.83. The standard InChI is InChI=1S/C36H43FN4O2/c1-24-14-17-29(23-32(24)40-20-5-6-21-40)39-35(42)30-12-8-22-41(36(43)33-25(2)9-7-13-31(33)37)34(30)26-15-18-28(19-16-26)38-27-10-3-4-11-27/h7,9,13-19,23,27,30,34,38H,3-6,8,10-12,20-22H2,1-2H3,(H,39,42)/t30-,34-/m1/s1. The van der Waals surface area contributed by atoms with Crippen LogP contribution in [0.15, 0.2) is 60.7 Å². The van der Waals surface area contributed by atoms with E-state index in [1.807, 2.05) is 18.2 Å². The third-order valence-corrected chi connectivity index (χ3v) is 9.57. The molecule has 43 heavy (non-hydrogen) atoms. The molecule has 2 saturated heterocycles. The third-order valence-electron chi connectivity index (χ3n) is 9.57. The molecule has 7 heteroatoms. The van der Waals surface area contributed by atoms with E-state index in [2.05, 4.69) is 46.7 Å². The number of likely N-dealkylation sites (tertiary alicyclic amines) is 1. The maximum Gasteiger partial charge on any atom is 0.257 e. The molecule has 6 rings (SSSR count). The molecule has 2 amide bonds. The highest BCUT2D eigenvalue weighted by Gasteiger charge is 2.40. The fourth-order valence-electron chi connectivity index (χ4n) is 7.26. The second kappa shape index (κ2) is 12.8. The van der Waals surface area contributed by atoms with Crippen molar-refractivity contribution in [2.24, 2.45) is 5.92 Å². The zero-order valence-electron chi connectivity index (χ0n) is 25.4. The van der Waals surface area contributed by atoms with E-state index in [1.54, 1.807) is 24.0 Å². The van der Waals surface area contributed by atoms with Gasteiger partial charge in [0.2, 0.25) is 5.91 Å². The Morgan fingerprint density at radius 1 is 0.791 bits per heavy atom. The van der Waals surface area contributed by atoms with Crippen LogP contribution in [-0.4, -0.2) is 42.4 Å². The SMILES string of the molecule is Cc1ccc(NC(=O)[C@@H]2CCCN(C(=O)c3c(C)cccc3F)[C@@H]2c2ccc(NC3CCCC3)cc2)cc1N1CCCC1. The van der Waals surface area contributed by atoms with Crippen LogP contribution < -0.4 is 15.5 Å². The van der Waals surface area contributed by atoms with Gasteiger partial charge in [-0.2, -0.15) is 0 Å². The summed E-state index contributed by atoms with van der Waals surface area (Å²) in [5, 5.41) is 6.83. The van der Waals surface area contributed by atoms with Gasteiger partial charge in [0.25, 0.3) is 5.91 Å². The average molecular weight is 583 g/mol. The van der Waals surface area contributed by atoms with Gasteiger partial charge in [0.05, 0.1) is 17.5 Å². The molecule has 0 spiro atoms. The van der Waals surface area contributed by atoms with E-state index in [4.69, 9.17) is 0 Å². The van der Waals surface area contributed by atoms with Gasteiger partial charge < -0.3 is 20.4 Å². The Hall–Kier alpha value is -3.87. The summed E-state index contributed by atoms with van der Waals surface area (Å²) >= 11 is 0. The van der Waals surface area contributed by atoms with E-state index in [-0.39, 0.29) is 17.4 Å². The average Bonchev–Trinajstić information content (AvgIpc) is 3.73. The number of piperidine rings is 1. The minimum atomic E-state index is -0.527. The van der Waals surface area contributed by atoms with Crippen molar-refractivity contribution in [3.63, 3.8) is 0 Å². The number of aryl methyl sites for hydroxylation is 2. The molecule has 0 radical (unpaired) electrons. The predicted octanol–water partition coefficient (Wildman–Crippen LogP) is 7.63. The summed E-state index contributed by atoms with van der Waals surface area (Å²) in [6.45, 7) is 6.39. The van der Waals surface area contributed by atoms with E-state index in [0.717, 1.165) is 35.7 Å². The molecular weight excluding hydrogens is 539 g/mol. The lowest BCUT2D eigenvalue weighted by Gasteiger charge is -2.41. The Balaban J connectivity index is 1.30. The normalized spacial score (nSPS) is 20.8. The molecule has 2 aliphatic heterocycles. The number of anilines is 3. The Bertz CT molecular complexity index is 1440. The van der Waals surface area contributed by atoms with E-state index in [9.17, 15) is 9.59 Å². The van der Waals surface area contributed by atoms with Crippen LogP contribution in [0.25, 0.3) is 0 Å². The molecule has 3 fully saturated rings. The molecule has 1 saturated carbocycles. The molecule has 2 atom stereocenters. The van der Waals surface area contributed by atoms with Crippen LogP contribution in [0.1, 0.15) is 84.5 Å². The topological polar surface area (TPSA) is 64.7 Å². The van der Waals surface area contributed by atoms with Crippen molar-refractivity contribution < 1.29 is 14.0 Å². The van der Waals surface area contributed by atoms with Crippen molar-refractivity contribution in [3.05, 3.63) is 88.7 Å². The van der Waals surface area contributed by atoms with E-state index < -0.39 is 17.8 Å². The van der Waals surface area contributed by atoms with Crippen LogP contribution in [0.5, 0.6) is 0 Å². The van der Waals surface area contributed by atoms with Gasteiger partial charge in [0.1, 0.15) is 5.82 Å². The second-order valence-electron chi connectivity index (χ2n) is 12.6. The minimum absolute atomic E-state index is 0.0851. The Labute approximate surface area is 254 Å². The quantitative estimate of drug-likeness (QED) is 0.301. The monoisotopic (exact) mass is 582 g/mol. The van der Waals surface area contributed by atoms with Gasteiger partial charge in [-0.3, -0.25) is 9.59 Å². The first-order chi connectivity index (χ1) is 20.9. The van der Waals surface area contributed by atoms with E-state index >= 15 is 4.39 Å². The first-order valence-electron chi connectivity index (χ1n) is 16.0. The number of hydrogen-bond donors (Lipinski definition) is 2. The number of benzene rings is 3. The van der Waals surface area contributed by atoms with Crippen LogP contribution in [0, 0.1) is 25.6 Å². The van der Waals surface area contributed by atoms with Gasteiger partial charge in [-0.05, 0) is 99.4 Å². The van der Waals surface area contributed by atoms with Crippen LogP contribution in [0.3, 0.4) is 0 Å². The van der Waals surface area contributed by atoms with Crippen LogP contribution in [0.4, 0.5) is 21.5 Å². The smallest absolute Gasteiger partial charge is 0.257 e. The summed E-state index contributed by atoms with van der Waals surface area (Å²) in [6, 6.07) is 19.0. The zero-order chi connectivity index (χ0) is 29.9.